The van der Waals surface area contributed by atoms with Gasteiger partial charge in [0.1, 0.15) is 22.3 Å². The van der Waals surface area contributed by atoms with Crippen molar-refractivity contribution in [3.63, 3.8) is 0 Å². The van der Waals surface area contributed by atoms with Crippen molar-refractivity contribution in [2.45, 2.75) is 0 Å². The molecule has 0 unspecified atom stereocenters. The topological polar surface area (TPSA) is 51.2 Å². The Kier molecular flexibility index (Phi) is 4.78. The first kappa shape index (κ1) is 16.4. The van der Waals surface area contributed by atoms with Gasteiger partial charge >= 0.3 is 0 Å². The molecule has 0 saturated heterocycles. The third-order valence-corrected chi connectivity index (χ3v) is 4.43. The minimum absolute atomic E-state index is 0.000108. The van der Waals surface area contributed by atoms with Crippen molar-refractivity contribution in [2.75, 3.05) is 12.4 Å². The molecule has 4 nitrogen and oxygen atoms in total. The van der Waals surface area contributed by atoms with E-state index in [0.29, 0.717) is 16.4 Å². The largest absolute Gasteiger partial charge is 0.496 e. The molecule has 1 amide bonds. The molecule has 1 N–H and O–H groups in total. The summed E-state index contributed by atoms with van der Waals surface area (Å²) in [5, 5.41) is 4.90. The summed E-state index contributed by atoms with van der Waals surface area (Å²) in [4.78, 5) is 16.6. The van der Waals surface area contributed by atoms with Crippen LogP contribution in [0.4, 0.5) is 10.1 Å². The fourth-order valence-electron chi connectivity index (χ4n) is 2.09. The number of carbonyl (C=O) groups excluding carboxylic acids is 1. The second-order valence-corrected chi connectivity index (χ2v) is 6.09. The van der Waals surface area contributed by atoms with E-state index in [1.807, 2.05) is 24.3 Å². The first-order valence-corrected chi connectivity index (χ1v) is 8.19. The van der Waals surface area contributed by atoms with Crippen molar-refractivity contribution in [3.8, 4) is 16.3 Å². The van der Waals surface area contributed by atoms with Crippen LogP contribution in [0.2, 0.25) is 5.02 Å². The number of nitrogens with one attached hydrogen (secondary N) is 1. The predicted molar refractivity (Wildman–Crippen MR) is 93.5 cm³/mol. The molecular formula is C17H12ClFN2O2S. The van der Waals surface area contributed by atoms with Crippen molar-refractivity contribution in [3.05, 3.63) is 64.4 Å². The standard InChI is InChI=1S/C17H12ClFN2O2S/c1-23-15-5-3-2-4-11(15)17-21-14(9-24-17)16(22)20-10-6-7-12(18)13(19)8-10/h2-9H,1H3,(H,20,22). The number of para-hydroxylation sites is 1. The van der Waals surface area contributed by atoms with Gasteiger partial charge in [0.2, 0.25) is 0 Å². The molecule has 0 bridgehead atoms. The van der Waals surface area contributed by atoms with E-state index >= 15 is 0 Å². The smallest absolute Gasteiger partial charge is 0.275 e. The van der Waals surface area contributed by atoms with Crippen LogP contribution in [0, 0.1) is 5.82 Å². The van der Waals surface area contributed by atoms with Gasteiger partial charge in [-0.15, -0.1) is 11.3 Å². The highest BCUT2D eigenvalue weighted by molar-refractivity contribution is 7.13. The summed E-state index contributed by atoms with van der Waals surface area (Å²) < 4.78 is 18.7. The lowest BCUT2D eigenvalue weighted by molar-refractivity contribution is 0.102. The number of carbonyl (C=O) groups is 1. The number of amides is 1. The van der Waals surface area contributed by atoms with E-state index in [9.17, 15) is 9.18 Å². The van der Waals surface area contributed by atoms with Gasteiger partial charge in [0.15, 0.2) is 0 Å². The number of methoxy groups -OCH3 is 1. The number of halogens is 2. The lowest BCUT2D eigenvalue weighted by Crippen LogP contribution is -2.12. The fraction of sp³-hybridized carbons (Fsp3) is 0.0588. The molecule has 3 aromatic rings. The van der Waals surface area contributed by atoms with E-state index in [2.05, 4.69) is 10.3 Å². The molecule has 2 aromatic carbocycles. The Hall–Kier alpha value is -2.44. The van der Waals surface area contributed by atoms with Gasteiger partial charge in [-0.05, 0) is 30.3 Å². The predicted octanol–water partition coefficient (Wildman–Crippen LogP) is 4.86. The highest BCUT2D eigenvalue weighted by Gasteiger charge is 2.15. The van der Waals surface area contributed by atoms with E-state index in [1.165, 1.54) is 23.5 Å². The van der Waals surface area contributed by atoms with E-state index in [-0.39, 0.29) is 10.7 Å². The molecule has 0 aliphatic carbocycles. The molecule has 1 heterocycles. The van der Waals surface area contributed by atoms with Crippen LogP contribution in [0.1, 0.15) is 10.5 Å². The number of benzene rings is 2. The van der Waals surface area contributed by atoms with Crippen LogP contribution in [0.25, 0.3) is 10.6 Å². The Morgan fingerprint density at radius 3 is 2.83 bits per heavy atom. The van der Waals surface area contributed by atoms with Crippen molar-refractivity contribution in [2.24, 2.45) is 0 Å². The van der Waals surface area contributed by atoms with Crippen LogP contribution in [0.5, 0.6) is 5.75 Å². The average molecular weight is 363 g/mol. The molecule has 0 aliphatic heterocycles. The normalized spacial score (nSPS) is 10.5. The molecule has 0 fully saturated rings. The van der Waals surface area contributed by atoms with Gasteiger partial charge < -0.3 is 10.1 Å². The fourth-order valence-corrected chi connectivity index (χ4v) is 3.04. The zero-order valence-electron chi connectivity index (χ0n) is 12.5. The number of anilines is 1. The summed E-state index contributed by atoms with van der Waals surface area (Å²) in [7, 11) is 1.58. The van der Waals surface area contributed by atoms with E-state index in [4.69, 9.17) is 16.3 Å². The number of ether oxygens (including phenoxy) is 1. The van der Waals surface area contributed by atoms with Crippen LogP contribution >= 0.6 is 22.9 Å². The highest BCUT2D eigenvalue weighted by atomic mass is 35.5. The molecule has 0 aliphatic rings. The number of nitrogens with zero attached hydrogens (tertiary/aromatic N) is 1. The summed E-state index contributed by atoms with van der Waals surface area (Å²) in [5.74, 6) is -0.338. The maximum Gasteiger partial charge on any atom is 0.275 e. The molecule has 7 heteroatoms. The van der Waals surface area contributed by atoms with Gasteiger partial charge in [-0.25, -0.2) is 9.37 Å². The summed E-state index contributed by atoms with van der Waals surface area (Å²) in [6.45, 7) is 0. The van der Waals surface area contributed by atoms with E-state index < -0.39 is 11.7 Å². The Morgan fingerprint density at radius 2 is 2.08 bits per heavy atom. The molecule has 122 valence electrons. The van der Waals surface area contributed by atoms with E-state index in [1.54, 1.807) is 12.5 Å². The van der Waals surface area contributed by atoms with Gasteiger partial charge in [0.25, 0.3) is 5.91 Å². The molecule has 24 heavy (non-hydrogen) atoms. The second kappa shape index (κ2) is 6.98. The molecule has 0 spiro atoms. The minimum Gasteiger partial charge on any atom is -0.496 e. The summed E-state index contributed by atoms with van der Waals surface area (Å²) in [5.41, 5.74) is 1.37. The van der Waals surface area contributed by atoms with Crippen LogP contribution in [-0.2, 0) is 0 Å². The maximum atomic E-state index is 13.4. The van der Waals surface area contributed by atoms with Crippen LogP contribution in [0.3, 0.4) is 0 Å². The lowest BCUT2D eigenvalue weighted by atomic mass is 10.2. The monoisotopic (exact) mass is 362 g/mol. The van der Waals surface area contributed by atoms with Gasteiger partial charge in [-0.3, -0.25) is 4.79 Å². The van der Waals surface area contributed by atoms with Gasteiger partial charge in [0.05, 0.1) is 17.7 Å². The number of aromatic nitrogens is 1. The molecule has 0 saturated carbocycles. The zero-order valence-corrected chi connectivity index (χ0v) is 14.1. The molecule has 1 aromatic heterocycles. The SMILES string of the molecule is COc1ccccc1-c1nc(C(=O)Nc2ccc(Cl)c(F)c2)cs1. The third-order valence-electron chi connectivity index (χ3n) is 3.25. The summed E-state index contributed by atoms with van der Waals surface area (Å²) in [6.07, 6.45) is 0. The summed E-state index contributed by atoms with van der Waals surface area (Å²) >= 11 is 6.95. The van der Waals surface area contributed by atoms with Crippen LogP contribution in [-0.4, -0.2) is 18.0 Å². The van der Waals surface area contributed by atoms with Gasteiger partial charge in [0, 0.05) is 11.1 Å². The third kappa shape index (κ3) is 3.39. The Balaban J connectivity index is 1.82. The van der Waals surface area contributed by atoms with E-state index in [0.717, 1.165) is 11.6 Å². The number of hydrogen-bond donors (Lipinski definition) is 1. The molecule has 3 rings (SSSR count). The Bertz CT molecular complexity index is 898. The van der Waals surface area contributed by atoms with Crippen LogP contribution in [0.15, 0.2) is 47.8 Å². The Morgan fingerprint density at radius 1 is 1.29 bits per heavy atom. The average Bonchev–Trinajstić information content (AvgIpc) is 3.08. The second-order valence-electron chi connectivity index (χ2n) is 4.82. The van der Waals surface area contributed by atoms with Gasteiger partial charge in [-0.2, -0.15) is 0 Å². The van der Waals surface area contributed by atoms with Crippen molar-refractivity contribution in [1.82, 2.24) is 4.98 Å². The Labute approximate surface area is 146 Å². The van der Waals surface area contributed by atoms with Crippen molar-refractivity contribution < 1.29 is 13.9 Å². The molecule has 0 radical (unpaired) electrons. The van der Waals surface area contributed by atoms with Crippen LogP contribution < -0.4 is 10.1 Å². The first-order valence-electron chi connectivity index (χ1n) is 6.94. The summed E-state index contributed by atoms with van der Waals surface area (Å²) in [6, 6.07) is 11.5. The first-order chi connectivity index (χ1) is 11.6. The number of rotatable bonds is 4. The number of hydrogen-bond acceptors (Lipinski definition) is 4. The molecule has 0 atom stereocenters. The van der Waals surface area contributed by atoms with Crippen molar-refractivity contribution in [1.29, 1.82) is 0 Å². The van der Waals surface area contributed by atoms with Gasteiger partial charge in [-0.1, -0.05) is 23.7 Å². The maximum absolute atomic E-state index is 13.4. The lowest BCUT2D eigenvalue weighted by Gasteiger charge is -2.05. The quantitative estimate of drug-likeness (QED) is 0.720. The number of thiazole rings is 1. The minimum atomic E-state index is -0.595. The van der Waals surface area contributed by atoms with Crippen molar-refractivity contribution >= 4 is 34.5 Å². The molecular weight excluding hydrogens is 351 g/mol. The zero-order chi connectivity index (χ0) is 17.1. The highest BCUT2D eigenvalue weighted by Crippen LogP contribution is 2.32.